The van der Waals surface area contributed by atoms with Gasteiger partial charge in [0.25, 0.3) is 0 Å². The molecule has 0 aromatic heterocycles. The number of halogens is 4. The van der Waals surface area contributed by atoms with Crippen LogP contribution >= 0.6 is 90.9 Å². The van der Waals surface area contributed by atoms with E-state index in [1.54, 1.807) is 3.33 Å². The monoisotopic (exact) mass is 588 g/mol. The average molecular weight is 588 g/mol. The van der Waals surface area contributed by atoms with Gasteiger partial charge in [-0.25, -0.2) is 0 Å². The second kappa shape index (κ2) is 4.20. The summed E-state index contributed by atoms with van der Waals surface area (Å²) in [7, 11) is 0. The second-order valence-electron chi connectivity index (χ2n) is 1.27. The molecule has 0 unspecified atom stereocenters. The largest absolute Gasteiger partial charge is 0.189 e. The summed E-state index contributed by atoms with van der Waals surface area (Å²) in [5.74, 6) is 0. The highest BCUT2D eigenvalue weighted by molar-refractivity contribution is 14.1. The predicted octanol–water partition coefficient (Wildman–Crippen LogP) is 3.58. The number of rotatable bonds is 0. The van der Waals surface area contributed by atoms with E-state index in [0.717, 1.165) is 7.41 Å². The van der Waals surface area contributed by atoms with Gasteiger partial charge in [-0.3, -0.25) is 0 Å². The van der Waals surface area contributed by atoms with Gasteiger partial charge in [-0.15, -0.1) is 8.45 Å². The topological polar surface area (TPSA) is 31.2 Å². The third-order valence-corrected chi connectivity index (χ3v) is 6.67. The van der Waals surface area contributed by atoms with Gasteiger partial charge in [0.05, 0.1) is 22.9 Å². The molecule has 0 saturated carbocycles. The van der Waals surface area contributed by atoms with Crippen molar-refractivity contribution in [2.24, 2.45) is 10.3 Å². The fraction of sp³-hybridized carbons (Fsp3) is 0. The van der Waals surface area contributed by atoms with Gasteiger partial charge in [-0.1, -0.05) is 0 Å². The number of hydrazine groups is 1. The summed E-state index contributed by atoms with van der Waals surface area (Å²) in [4.78, 5) is 0. The Balaban J connectivity index is 2.88. The lowest BCUT2D eigenvalue weighted by atomic mass is 10.9. The summed E-state index contributed by atoms with van der Waals surface area (Å²) >= 11 is 8.57. The van der Waals surface area contributed by atoms with Crippen molar-refractivity contribution in [1.82, 2.24) is 6.55 Å². The lowest BCUT2D eigenvalue weighted by molar-refractivity contribution is 0.305. The fourth-order valence-electron chi connectivity index (χ4n) is 0.301. The van der Waals surface area contributed by atoms with Gasteiger partial charge in [0.15, 0.2) is 3.70 Å². The van der Waals surface area contributed by atoms with Crippen molar-refractivity contribution in [3.63, 3.8) is 0 Å². The normalized spacial score (nSPS) is 18.8. The maximum absolute atomic E-state index is 3.90. The predicted molar refractivity (Wildman–Crippen MR) is 71.6 cm³/mol. The van der Waals surface area contributed by atoms with Crippen LogP contribution in [-0.2, 0) is 0 Å². The first-order valence-corrected chi connectivity index (χ1v) is 6.10. The first-order valence-electron chi connectivity index (χ1n) is 2.01. The summed E-state index contributed by atoms with van der Waals surface area (Å²) in [5.41, 5.74) is 0. The van der Waals surface area contributed by atoms with Crippen LogP contribution in [0.2, 0.25) is 0 Å². The summed E-state index contributed by atoms with van der Waals surface area (Å²) in [6, 6.07) is 0. The standard InChI is InChI=1S/C2I4N4/c3-1-2(4)9(5)10(6)8-7-1. The van der Waals surface area contributed by atoms with Crippen molar-refractivity contribution in [2.75, 3.05) is 0 Å². The van der Waals surface area contributed by atoms with Crippen molar-refractivity contribution in [1.29, 1.82) is 0 Å². The molecule has 1 aliphatic rings. The van der Waals surface area contributed by atoms with Gasteiger partial charge < -0.3 is 0 Å². The Kier molecular flexibility index (Phi) is 4.17. The summed E-state index contributed by atoms with van der Waals surface area (Å²) < 4.78 is 5.51. The van der Waals surface area contributed by atoms with Crippen LogP contribution in [0.5, 0.6) is 0 Å². The van der Waals surface area contributed by atoms with E-state index in [9.17, 15) is 0 Å². The van der Waals surface area contributed by atoms with Crippen molar-refractivity contribution in [3.05, 3.63) is 7.41 Å². The van der Waals surface area contributed by atoms with E-state index < -0.39 is 0 Å². The third-order valence-electron chi connectivity index (χ3n) is 0.683. The summed E-state index contributed by atoms with van der Waals surface area (Å²) in [6.45, 7) is 0. The second-order valence-corrected chi connectivity index (χ2v) is 5.09. The molecular formula is C2I4N4. The Hall–Kier alpha value is 1.86. The quantitative estimate of drug-likeness (QED) is 0.247. The molecule has 0 atom stereocenters. The molecule has 0 aliphatic carbocycles. The zero-order valence-electron chi connectivity index (χ0n) is 4.30. The number of hydrogen-bond acceptors (Lipinski definition) is 4. The van der Waals surface area contributed by atoms with Crippen LogP contribution in [-0.4, -0.2) is 6.55 Å². The SMILES string of the molecule is IC1=C(I)N(I)N(I)N=N1. The van der Waals surface area contributed by atoms with E-state index in [-0.39, 0.29) is 0 Å². The van der Waals surface area contributed by atoms with Crippen molar-refractivity contribution < 1.29 is 0 Å². The smallest absolute Gasteiger partial charge is 0.157 e. The molecule has 0 N–H and O–H groups in total. The Morgan fingerprint density at radius 1 is 1.20 bits per heavy atom. The molecule has 1 rings (SSSR count). The van der Waals surface area contributed by atoms with Gasteiger partial charge >= 0.3 is 0 Å². The minimum atomic E-state index is 0.917. The summed E-state index contributed by atoms with van der Waals surface area (Å²) in [6.07, 6.45) is 0. The molecule has 0 spiro atoms. The van der Waals surface area contributed by atoms with Gasteiger partial charge in [-0.2, -0.15) is 3.22 Å². The van der Waals surface area contributed by atoms with E-state index >= 15 is 0 Å². The Bertz CT molecular complexity index is 199. The van der Waals surface area contributed by atoms with Crippen LogP contribution in [0.4, 0.5) is 0 Å². The van der Waals surface area contributed by atoms with Crippen molar-refractivity contribution in [3.8, 4) is 0 Å². The fourth-order valence-corrected chi connectivity index (χ4v) is 2.44. The number of nitrogens with zero attached hydrogens (tertiary/aromatic N) is 4. The molecule has 0 bridgehead atoms. The maximum atomic E-state index is 3.90. The Morgan fingerprint density at radius 3 is 2.30 bits per heavy atom. The van der Waals surface area contributed by atoms with E-state index in [2.05, 4.69) is 101 Å². The molecule has 10 heavy (non-hydrogen) atoms. The van der Waals surface area contributed by atoms with Crippen molar-refractivity contribution >= 4 is 90.9 Å². The molecule has 56 valence electrons. The molecule has 0 radical (unpaired) electrons. The highest BCUT2D eigenvalue weighted by Gasteiger charge is 2.17. The van der Waals surface area contributed by atoms with E-state index in [1.807, 2.05) is 3.22 Å². The average Bonchev–Trinajstić information content (AvgIpc) is 1.93. The first-order chi connectivity index (χ1) is 4.63. The van der Waals surface area contributed by atoms with Gasteiger partial charge in [0.2, 0.25) is 0 Å². The molecule has 0 saturated heterocycles. The molecule has 0 aromatic rings. The van der Waals surface area contributed by atoms with Gasteiger partial charge in [0.1, 0.15) is 26.6 Å². The van der Waals surface area contributed by atoms with Crippen molar-refractivity contribution in [2.45, 2.75) is 0 Å². The van der Waals surface area contributed by atoms with Gasteiger partial charge in [-0.05, 0) is 50.4 Å². The summed E-state index contributed by atoms with van der Waals surface area (Å²) in [5, 5.41) is 7.73. The Morgan fingerprint density at radius 2 is 1.80 bits per heavy atom. The van der Waals surface area contributed by atoms with Crippen LogP contribution in [0.1, 0.15) is 0 Å². The minimum absolute atomic E-state index is 0.917. The maximum Gasteiger partial charge on any atom is 0.157 e. The molecule has 0 aromatic carbocycles. The lowest BCUT2D eigenvalue weighted by Gasteiger charge is -2.23. The van der Waals surface area contributed by atoms with Crippen LogP contribution < -0.4 is 0 Å². The number of hydrogen-bond donors (Lipinski definition) is 0. The molecular weight excluding hydrogens is 588 g/mol. The van der Waals surface area contributed by atoms with Gasteiger partial charge in [0, 0.05) is 0 Å². The third kappa shape index (κ3) is 2.18. The van der Waals surface area contributed by atoms with Crippen LogP contribution in [0.3, 0.4) is 0 Å². The van der Waals surface area contributed by atoms with E-state index in [1.165, 1.54) is 0 Å². The van der Waals surface area contributed by atoms with Crippen LogP contribution in [0.25, 0.3) is 0 Å². The minimum Gasteiger partial charge on any atom is -0.189 e. The molecule has 4 nitrogen and oxygen atoms in total. The molecule has 0 fully saturated rings. The highest BCUT2D eigenvalue weighted by Crippen LogP contribution is 2.34. The zero-order chi connectivity index (χ0) is 7.72. The lowest BCUT2D eigenvalue weighted by Crippen LogP contribution is -2.20. The molecule has 1 heterocycles. The first kappa shape index (κ1) is 9.94. The van der Waals surface area contributed by atoms with Crippen LogP contribution in [0, 0.1) is 0 Å². The molecule has 0 amide bonds. The molecule has 8 heteroatoms. The zero-order valence-corrected chi connectivity index (χ0v) is 12.9. The van der Waals surface area contributed by atoms with E-state index in [0.29, 0.717) is 0 Å². The van der Waals surface area contributed by atoms with Crippen LogP contribution in [0.15, 0.2) is 17.7 Å². The highest BCUT2D eigenvalue weighted by atomic mass is 127. The Labute approximate surface area is 113 Å². The van der Waals surface area contributed by atoms with E-state index in [4.69, 9.17) is 0 Å². The molecule has 1 aliphatic heterocycles.